The van der Waals surface area contributed by atoms with Crippen molar-refractivity contribution in [2.75, 3.05) is 32.7 Å². The lowest BCUT2D eigenvalue weighted by Crippen LogP contribution is -2.41. The van der Waals surface area contributed by atoms with Crippen LogP contribution in [0.15, 0.2) is 0 Å². The first-order valence-electron chi connectivity index (χ1n) is 7.37. The average Bonchev–Trinajstić information content (AvgIpc) is 3.18. The van der Waals surface area contributed by atoms with Crippen molar-refractivity contribution in [3.8, 4) is 0 Å². The lowest BCUT2D eigenvalue weighted by atomic mass is 10.1. The van der Waals surface area contributed by atoms with E-state index in [1.54, 1.807) is 0 Å². The first-order chi connectivity index (χ1) is 8.66. The first-order valence-corrected chi connectivity index (χ1v) is 7.37. The van der Waals surface area contributed by atoms with Gasteiger partial charge in [0.25, 0.3) is 0 Å². The van der Waals surface area contributed by atoms with Crippen LogP contribution in [0.3, 0.4) is 0 Å². The molecule has 0 bridgehead atoms. The van der Waals surface area contributed by atoms with Gasteiger partial charge in [0.05, 0.1) is 5.41 Å². The zero-order chi connectivity index (χ0) is 13.0. The second kappa shape index (κ2) is 6.02. The molecule has 104 valence electrons. The largest absolute Gasteiger partial charge is 0.355 e. The normalized spacial score (nSPS) is 24.6. The fraction of sp³-hybridized carbons (Fsp3) is 0.929. The van der Waals surface area contributed by atoms with Crippen LogP contribution < -0.4 is 11.1 Å². The Labute approximate surface area is 110 Å². The standard InChI is InChI=1S/C14H27N3O/c1-12(10-17-7-3-2-4-8-17)9-16-13(18)14(11-15)5-6-14/h12H,2-11,15H2,1H3,(H,16,18). The number of nitrogens with one attached hydrogen (secondary N) is 1. The Morgan fingerprint density at radius 2 is 2.00 bits per heavy atom. The molecule has 1 saturated carbocycles. The minimum absolute atomic E-state index is 0.176. The van der Waals surface area contributed by atoms with Gasteiger partial charge in [-0.05, 0) is 44.7 Å². The highest BCUT2D eigenvalue weighted by molar-refractivity contribution is 5.85. The Kier molecular flexibility index (Phi) is 4.62. The van der Waals surface area contributed by atoms with E-state index >= 15 is 0 Å². The molecular formula is C14H27N3O. The van der Waals surface area contributed by atoms with E-state index in [9.17, 15) is 4.79 Å². The summed E-state index contributed by atoms with van der Waals surface area (Å²) in [6.45, 7) is 7.07. The van der Waals surface area contributed by atoms with Gasteiger partial charge in [0.1, 0.15) is 0 Å². The molecule has 1 aliphatic heterocycles. The van der Waals surface area contributed by atoms with Gasteiger partial charge in [-0.25, -0.2) is 0 Å². The van der Waals surface area contributed by atoms with Crippen molar-refractivity contribution >= 4 is 5.91 Å². The van der Waals surface area contributed by atoms with Gasteiger partial charge in [0.15, 0.2) is 0 Å². The first kappa shape index (κ1) is 13.8. The third-order valence-corrected chi connectivity index (χ3v) is 4.36. The molecule has 0 aromatic heterocycles. The second-order valence-electron chi connectivity index (χ2n) is 6.16. The van der Waals surface area contributed by atoms with Crippen LogP contribution in [0.25, 0.3) is 0 Å². The van der Waals surface area contributed by atoms with Gasteiger partial charge in [-0.2, -0.15) is 0 Å². The maximum atomic E-state index is 12.0. The third kappa shape index (κ3) is 3.45. The highest BCUT2D eigenvalue weighted by atomic mass is 16.2. The van der Waals surface area contributed by atoms with E-state index in [1.165, 1.54) is 32.4 Å². The van der Waals surface area contributed by atoms with Crippen LogP contribution in [0.4, 0.5) is 0 Å². The van der Waals surface area contributed by atoms with Crippen molar-refractivity contribution in [1.29, 1.82) is 0 Å². The molecule has 1 amide bonds. The third-order valence-electron chi connectivity index (χ3n) is 4.36. The van der Waals surface area contributed by atoms with Crippen molar-refractivity contribution in [2.24, 2.45) is 17.1 Å². The van der Waals surface area contributed by atoms with Gasteiger partial charge in [0.2, 0.25) is 5.91 Å². The molecule has 18 heavy (non-hydrogen) atoms. The molecule has 4 heteroatoms. The number of rotatable bonds is 6. The molecule has 2 rings (SSSR count). The minimum Gasteiger partial charge on any atom is -0.355 e. The zero-order valence-electron chi connectivity index (χ0n) is 11.6. The Hall–Kier alpha value is -0.610. The highest BCUT2D eigenvalue weighted by Gasteiger charge is 2.48. The smallest absolute Gasteiger partial charge is 0.227 e. The fourth-order valence-electron chi connectivity index (χ4n) is 2.78. The van der Waals surface area contributed by atoms with Gasteiger partial charge >= 0.3 is 0 Å². The van der Waals surface area contributed by atoms with Crippen LogP contribution >= 0.6 is 0 Å². The van der Waals surface area contributed by atoms with Crippen LogP contribution in [-0.4, -0.2) is 43.5 Å². The van der Waals surface area contributed by atoms with Crippen molar-refractivity contribution in [2.45, 2.75) is 39.0 Å². The van der Waals surface area contributed by atoms with E-state index in [1.807, 2.05) is 0 Å². The summed E-state index contributed by atoms with van der Waals surface area (Å²) in [5.74, 6) is 0.705. The average molecular weight is 253 g/mol. The molecule has 1 unspecified atom stereocenters. The van der Waals surface area contributed by atoms with Crippen LogP contribution in [0.5, 0.6) is 0 Å². The molecule has 0 spiro atoms. The molecule has 2 fully saturated rings. The number of amides is 1. The summed E-state index contributed by atoms with van der Waals surface area (Å²) in [6, 6.07) is 0. The highest BCUT2D eigenvalue weighted by Crippen LogP contribution is 2.44. The lowest BCUT2D eigenvalue weighted by Gasteiger charge is -2.29. The number of likely N-dealkylation sites (tertiary alicyclic amines) is 1. The van der Waals surface area contributed by atoms with Crippen LogP contribution in [0.1, 0.15) is 39.0 Å². The SMILES string of the molecule is CC(CNC(=O)C1(CN)CC1)CN1CCCCC1. The predicted molar refractivity (Wildman–Crippen MR) is 73.2 cm³/mol. The fourth-order valence-corrected chi connectivity index (χ4v) is 2.78. The quantitative estimate of drug-likeness (QED) is 0.741. The Morgan fingerprint density at radius 1 is 1.33 bits per heavy atom. The van der Waals surface area contributed by atoms with Gasteiger partial charge in [-0.15, -0.1) is 0 Å². The van der Waals surface area contributed by atoms with Crippen molar-refractivity contribution in [1.82, 2.24) is 10.2 Å². The number of carbonyl (C=O) groups is 1. The Bertz CT molecular complexity index is 283. The van der Waals surface area contributed by atoms with E-state index in [0.717, 1.165) is 25.9 Å². The lowest BCUT2D eigenvalue weighted by molar-refractivity contribution is -0.126. The van der Waals surface area contributed by atoms with Gasteiger partial charge < -0.3 is 16.0 Å². The summed E-state index contributed by atoms with van der Waals surface area (Å²) >= 11 is 0. The number of hydrogen-bond acceptors (Lipinski definition) is 3. The van der Waals surface area contributed by atoms with Gasteiger partial charge in [-0.1, -0.05) is 13.3 Å². The molecule has 0 radical (unpaired) electrons. The summed E-state index contributed by atoms with van der Waals surface area (Å²) in [7, 11) is 0. The zero-order valence-corrected chi connectivity index (χ0v) is 11.6. The maximum Gasteiger partial charge on any atom is 0.227 e. The molecule has 1 aliphatic carbocycles. The van der Waals surface area contributed by atoms with E-state index in [-0.39, 0.29) is 11.3 Å². The van der Waals surface area contributed by atoms with Crippen molar-refractivity contribution in [3.63, 3.8) is 0 Å². The Morgan fingerprint density at radius 3 is 2.56 bits per heavy atom. The molecule has 1 saturated heterocycles. The number of nitrogens with zero attached hydrogens (tertiary/aromatic N) is 1. The molecule has 3 N–H and O–H groups in total. The molecule has 1 atom stereocenters. The maximum absolute atomic E-state index is 12.0. The van der Waals surface area contributed by atoms with Gasteiger partial charge in [-0.3, -0.25) is 4.79 Å². The van der Waals surface area contributed by atoms with E-state index in [4.69, 9.17) is 5.73 Å². The van der Waals surface area contributed by atoms with E-state index < -0.39 is 0 Å². The van der Waals surface area contributed by atoms with Crippen LogP contribution in [0.2, 0.25) is 0 Å². The molecule has 0 aromatic rings. The van der Waals surface area contributed by atoms with E-state index in [0.29, 0.717) is 12.5 Å². The molecule has 1 heterocycles. The topological polar surface area (TPSA) is 58.4 Å². The molecule has 0 aromatic carbocycles. The summed E-state index contributed by atoms with van der Waals surface area (Å²) < 4.78 is 0. The van der Waals surface area contributed by atoms with Crippen LogP contribution in [0, 0.1) is 11.3 Å². The Balaban J connectivity index is 1.65. The summed E-state index contributed by atoms with van der Waals surface area (Å²) in [5, 5.41) is 3.08. The predicted octanol–water partition coefficient (Wildman–Crippen LogP) is 0.964. The summed E-state index contributed by atoms with van der Waals surface area (Å²) in [4.78, 5) is 14.5. The monoisotopic (exact) mass is 253 g/mol. The molecular weight excluding hydrogens is 226 g/mol. The second-order valence-corrected chi connectivity index (χ2v) is 6.16. The van der Waals surface area contributed by atoms with Crippen molar-refractivity contribution < 1.29 is 4.79 Å². The van der Waals surface area contributed by atoms with Crippen LogP contribution in [-0.2, 0) is 4.79 Å². The summed E-state index contributed by atoms with van der Waals surface area (Å²) in [5.41, 5.74) is 5.45. The molecule has 4 nitrogen and oxygen atoms in total. The minimum atomic E-state index is -0.204. The number of carbonyl (C=O) groups excluding carboxylic acids is 1. The number of piperidine rings is 1. The number of nitrogens with two attached hydrogens (primary N) is 1. The van der Waals surface area contributed by atoms with E-state index in [2.05, 4.69) is 17.1 Å². The van der Waals surface area contributed by atoms with Gasteiger partial charge in [0, 0.05) is 19.6 Å². The molecule has 2 aliphatic rings. The number of hydrogen-bond donors (Lipinski definition) is 2. The summed E-state index contributed by atoms with van der Waals surface area (Å²) in [6.07, 6.45) is 5.97. The van der Waals surface area contributed by atoms with Crippen molar-refractivity contribution in [3.05, 3.63) is 0 Å².